The minimum atomic E-state index is -1.30. The van der Waals surface area contributed by atoms with Crippen LogP contribution in [0.4, 0.5) is 0 Å². The molecule has 0 saturated carbocycles. The molecule has 27 heavy (non-hydrogen) atoms. The summed E-state index contributed by atoms with van der Waals surface area (Å²) in [5.41, 5.74) is 2.48. The number of benzene rings is 2. The van der Waals surface area contributed by atoms with Crippen molar-refractivity contribution < 1.29 is 29.9 Å². The fourth-order valence-corrected chi connectivity index (χ4v) is 3.50. The first-order valence-corrected chi connectivity index (χ1v) is 9.04. The molecular weight excluding hydrogens is 372 g/mol. The molecule has 4 N–H and O–H groups in total. The lowest BCUT2D eigenvalue weighted by atomic mass is 9.96. The molecule has 3 rings (SSSR count). The molecule has 146 valence electrons. The molecule has 5 atom stereocenters. The highest BCUT2D eigenvalue weighted by Gasteiger charge is 2.46. The average Bonchev–Trinajstić information content (AvgIpc) is 2.98. The highest BCUT2D eigenvalue weighted by molar-refractivity contribution is 6.31. The van der Waals surface area contributed by atoms with Gasteiger partial charge in [0.25, 0.3) is 0 Å². The SMILES string of the molecule is COc1cccc(Cc2cc([C@@H]3O[C@H]([C@@H](O)CO)[C@H](O)[C@H]3O)ccc2Cl)c1. The lowest BCUT2D eigenvalue weighted by Crippen LogP contribution is -2.40. The molecule has 0 aliphatic carbocycles. The minimum absolute atomic E-state index is 0.554. The van der Waals surface area contributed by atoms with Crippen LogP contribution in [-0.2, 0) is 11.2 Å². The fraction of sp³-hybridized carbons (Fsp3) is 0.400. The molecule has 0 spiro atoms. The van der Waals surface area contributed by atoms with Crippen molar-refractivity contribution in [1.82, 2.24) is 0 Å². The maximum Gasteiger partial charge on any atom is 0.119 e. The fourth-order valence-electron chi connectivity index (χ4n) is 3.31. The first-order valence-electron chi connectivity index (χ1n) is 8.66. The van der Waals surface area contributed by atoms with Crippen LogP contribution in [0.25, 0.3) is 0 Å². The number of halogens is 1. The highest BCUT2D eigenvalue weighted by atomic mass is 35.5. The van der Waals surface area contributed by atoms with Crippen molar-refractivity contribution in [3.63, 3.8) is 0 Å². The molecule has 1 aliphatic heterocycles. The summed E-state index contributed by atoms with van der Waals surface area (Å²) in [4.78, 5) is 0. The van der Waals surface area contributed by atoms with E-state index in [1.165, 1.54) is 0 Å². The molecule has 1 aliphatic rings. The summed E-state index contributed by atoms with van der Waals surface area (Å²) < 4.78 is 10.9. The predicted octanol–water partition coefficient (Wildman–Crippen LogP) is 1.45. The van der Waals surface area contributed by atoms with E-state index < -0.39 is 37.1 Å². The zero-order valence-electron chi connectivity index (χ0n) is 14.8. The van der Waals surface area contributed by atoms with Crippen molar-refractivity contribution in [3.8, 4) is 5.75 Å². The van der Waals surface area contributed by atoms with Crippen molar-refractivity contribution in [1.29, 1.82) is 0 Å². The molecule has 0 radical (unpaired) electrons. The van der Waals surface area contributed by atoms with E-state index in [0.717, 1.165) is 16.9 Å². The van der Waals surface area contributed by atoms with Gasteiger partial charge >= 0.3 is 0 Å². The molecule has 0 unspecified atom stereocenters. The van der Waals surface area contributed by atoms with Crippen LogP contribution in [-0.4, -0.2) is 58.6 Å². The number of methoxy groups -OCH3 is 1. The van der Waals surface area contributed by atoms with E-state index in [1.807, 2.05) is 30.3 Å². The van der Waals surface area contributed by atoms with Crippen LogP contribution in [0, 0.1) is 0 Å². The second kappa shape index (κ2) is 8.56. The molecule has 0 bridgehead atoms. The number of rotatable bonds is 6. The highest BCUT2D eigenvalue weighted by Crippen LogP contribution is 2.36. The van der Waals surface area contributed by atoms with Gasteiger partial charge in [0.05, 0.1) is 13.7 Å². The normalized spacial score (nSPS) is 26.1. The Kier molecular flexibility index (Phi) is 6.37. The first-order chi connectivity index (χ1) is 12.9. The number of hydrogen-bond donors (Lipinski definition) is 4. The van der Waals surface area contributed by atoms with E-state index in [0.29, 0.717) is 17.0 Å². The van der Waals surface area contributed by atoms with Gasteiger partial charge in [-0.15, -0.1) is 0 Å². The van der Waals surface area contributed by atoms with Crippen LogP contribution in [0.1, 0.15) is 22.8 Å². The van der Waals surface area contributed by atoms with Crippen LogP contribution in [0.5, 0.6) is 5.75 Å². The topological polar surface area (TPSA) is 99.4 Å². The lowest BCUT2D eigenvalue weighted by molar-refractivity contribution is -0.0820. The molecule has 2 aromatic rings. The van der Waals surface area contributed by atoms with Crippen LogP contribution in [0.2, 0.25) is 5.02 Å². The van der Waals surface area contributed by atoms with E-state index in [2.05, 4.69) is 0 Å². The van der Waals surface area contributed by atoms with Crippen molar-refractivity contribution in [2.45, 2.75) is 36.9 Å². The molecule has 7 heteroatoms. The van der Waals surface area contributed by atoms with Crippen LogP contribution >= 0.6 is 11.6 Å². The zero-order chi connectivity index (χ0) is 19.6. The third-order valence-corrected chi connectivity index (χ3v) is 5.16. The quantitative estimate of drug-likeness (QED) is 0.592. The Morgan fingerprint density at radius 1 is 1.15 bits per heavy atom. The molecule has 6 nitrogen and oxygen atoms in total. The predicted molar refractivity (Wildman–Crippen MR) is 100.0 cm³/mol. The Hall–Kier alpha value is -1.67. The molecule has 0 amide bonds. The van der Waals surface area contributed by atoms with Crippen LogP contribution in [0.3, 0.4) is 0 Å². The summed E-state index contributed by atoms with van der Waals surface area (Å²) in [7, 11) is 1.61. The Morgan fingerprint density at radius 3 is 2.63 bits per heavy atom. The summed E-state index contributed by atoms with van der Waals surface area (Å²) in [5.74, 6) is 0.748. The monoisotopic (exact) mass is 394 g/mol. The van der Waals surface area contributed by atoms with Crippen LogP contribution < -0.4 is 4.74 Å². The summed E-state index contributed by atoms with van der Waals surface area (Å²) >= 11 is 6.34. The molecular formula is C20H23ClO6. The van der Waals surface area contributed by atoms with Crippen molar-refractivity contribution in [2.75, 3.05) is 13.7 Å². The Bertz CT molecular complexity index is 783. The largest absolute Gasteiger partial charge is 0.497 e. The van der Waals surface area contributed by atoms with Gasteiger partial charge in [-0.05, 0) is 41.3 Å². The maximum atomic E-state index is 10.3. The summed E-state index contributed by atoms with van der Waals surface area (Å²) in [6.07, 6.45) is -5.13. The Labute approximate surface area is 162 Å². The Balaban J connectivity index is 1.84. The van der Waals surface area contributed by atoms with Crippen molar-refractivity contribution in [3.05, 3.63) is 64.2 Å². The summed E-state index contributed by atoms with van der Waals surface area (Å²) in [5, 5.41) is 39.9. The van der Waals surface area contributed by atoms with E-state index in [9.17, 15) is 15.3 Å². The van der Waals surface area contributed by atoms with Crippen molar-refractivity contribution >= 4 is 11.6 Å². The van der Waals surface area contributed by atoms with E-state index in [-0.39, 0.29) is 0 Å². The van der Waals surface area contributed by atoms with Gasteiger partial charge in [0.1, 0.15) is 36.3 Å². The van der Waals surface area contributed by atoms with E-state index >= 15 is 0 Å². The van der Waals surface area contributed by atoms with Gasteiger partial charge in [0.15, 0.2) is 0 Å². The number of aliphatic hydroxyl groups excluding tert-OH is 4. The molecule has 1 saturated heterocycles. The smallest absolute Gasteiger partial charge is 0.119 e. The maximum absolute atomic E-state index is 10.3. The number of ether oxygens (including phenoxy) is 2. The zero-order valence-corrected chi connectivity index (χ0v) is 15.6. The molecule has 2 aromatic carbocycles. The van der Waals surface area contributed by atoms with Gasteiger partial charge in [-0.2, -0.15) is 0 Å². The Morgan fingerprint density at radius 2 is 1.93 bits per heavy atom. The number of aliphatic hydroxyl groups is 4. The number of hydrogen-bond acceptors (Lipinski definition) is 6. The standard InChI is InChI=1S/C20H23ClO6/c1-26-14-4-2-3-11(8-14)7-13-9-12(5-6-15(13)21)19-17(24)18(25)20(27-19)16(23)10-22/h2-6,8-9,16-20,22-25H,7,10H2,1H3/t16-,17+,18+,19-,20+/m0/s1. The summed E-state index contributed by atoms with van der Waals surface area (Å²) in [6.45, 7) is -0.567. The van der Waals surface area contributed by atoms with E-state index in [1.54, 1.807) is 19.2 Å². The van der Waals surface area contributed by atoms with Crippen LogP contribution in [0.15, 0.2) is 42.5 Å². The first kappa shape index (κ1) is 20.1. The lowest BCUT2D eigenvalue weighted by Gasteiger charge is -2.19. The molecule has 0 aromatic heterocycles. The van der Waals surface area contributed by atoms with Gasteiger partial charge in [0.2, 0.25) is 0 Å². The van der Waals surface area contributed by atoms with E-state index in [4.69, 9.17) is 26.2 Å². The van der Waals surface area contributed by atoms with Gasteiger partial charge in [0, 0.05) is 5.02 Å². The average molecular weight is 395 g/mol. The molecule has 1 heterocycles. The van der Waals surface area contributed by atoms with Gasteiger partial charge in [-0.1, -0.05) is 35.9 Å². The minimum Gasteiger partial charge on any atom is -0.497 e. The van der Waals surface area contributed by atoms with Crippen molar-refractivity contribution in [2.24, 2.45) is 0 Å². The van der Waals surface area contributed by atoms with Gasteiger partial charge in [-0.25, -0.2) is 0 Å². The van der Waals surface area contributed by atoms with Gasteiger partial charge < -0.3 is 29.9 Å². The second-order valence-electron chi connectivity index (χ2n) is 6.63. The third-order valence-electron chi connectivity index (χ3n) is 4.79. The van der Waals surface area contributed by atoms with Gasteiger partial charge in [-0.3, -0.25) is 0 Å². The summed E-state index contributed by atoms with van der Waals surface area (Å²) in [6, 6.07) is 12.9. The second-order valence-corrected chi connectivity index (χ2v) is 7.04. The molecule has 1 fully saturated rings. The third kappa shape index (κ3) is 4.27.